The van der Waals surface area contributed by atoms with Gasteiger partial charge in [-0.25, -0.2) is 14.8 Å². The lowest BCUT2D eigenvalue weighted by atomic mass is 10.1. The number of aromatic nitrogens is 4. The fourth-order valence-electron chi connectivity index (χ4n) is 3.73. The quantitative estimate of drug-likeness (QED) is 0.238. The van der Waals surface area contributed by atoms with Crippen LogP contribution >= 0.6 is 19.2 Å². The number of aromatic amines is 1. The largest absolute Gasteiger partial charge is 0.480 e. The van der Waals surface area contributed by atoms with Gasteiger partial charge < -0.3 is 29.8 Å². The number of carboxylic acids is 1. The summed E-state index contributed by atoms with van der Waals surface area (Å²) in [5.74, 6) is -1.16. The molecule has 0 saturated carbocycles. The molecule has 0 aliphatic carbocycles. The highest BCUT2D eigenvalue weighted by atomic mass is 35.5. The Morgan fingerprint density at radius 3 is 2.56 bits per heavy atom. The van der Waals surface area contributed by atoms with Crippen LogP contribution in [-0.4, -0.2) is 58.5 Å². The highest BCUT2D eigenvalue weighted by molar-refractivity contribution is 7.51. The van der Waals surface area contributed by atoms with E-state index in [4.69, 9.17) is 21.4 Å². The van der Waals surface area contributed by atoms with Crippen LogP contribution in [0.4, 0.5) is 0 Å². The Hall–Kier alpha value is -3.24. The van der Waals surface area contributed by atoms with E-state index in [0.717, 1.165) is 11.0 Å². The molecule has 178 valence electrons. The first-order chi connectivity index (χ1) is 15.9. The zero-order chi connectivity index (χ0) is 24.8. The van der Waals surface area contributed by atoms with Crippen molar-refractivity contribution in [3.05, 3.63) is 58.6 Å². The summed E-state index contributed by atoms with van der Waals surface area (Å²) in [5, 5.41) is 12.0. The van der Waals surface area contributed by atoms with E-state index in [1.807, 2.05) is 13.0 Å². The number of hydrogen-bond acceptors (Lipinski definition) is 5. The van der Waals surface area contributed by atoms with E-state index in [1.165, 1.54) is 6.07 Å². The summed E-state index contributed by atoms with van der Waals surface area (Å²) in [5.41, 5.74) is 2.94. The van der Waals surface area contributed by atoms with Gasteiger partial charge in [-0.05, 0) is 43.3 Å². The van der Waals surface area contributed by atoms with Gasteiger partial charge in [0.25, 0.3) is 5.91 Å². The van der Waals surface area contributed by atoms with Gasteiger partial charge in [-0.2, -0.15) is 0 Å². The van der Waals surface area contributed by atoms with Crippen LogP contribution in [0.15, 0.2) is 36.4 Å². The molecular formula is C21H21ClN5O6P. The normalized spacial score (nSPS) is 13.8. The van der Waals surface area contributed by atoms with Crippen molar-refractivity contribution in [2.45, 2.75) is 18.9 Å². The molecule has 4 aromatic rings. The molecule has 0 fully saturated rings. The number of nitrogens with one attached hydrogen (secondary N) is 2. The lowest BCUT2D eigenvalue weighted by Gasteiger charge is -2.15. The third-order valence-electron chi connectivity index (χ3n) is 5.46. The molecule has 0 bridgehead atoms. The van der Waals surface area contributed by atoms with Crippen molar-refractivity contribution in [1.82, 2.24) is 24.8 Å². The minimum Gasteiger partial charge on any atom is -0.480 e. The standard InChI is InChI=1S/C21H21ClN5O6P/c1-10(18-23-13-6-4-12(22)8-15(13)24-18)19-25-14-5-3-11(7-17(14)27(19)2)20(28)26-16(21(29)30)9-34(31,32)33/h3-8,10,16H,9H2,1-2H3,(H,23,24)(H,26,28)(H,29,30)(H2,31,32,33). The zero-order valence-electron chi connectivity index (χ0n) is 18.1. The topological polar surface area (TPSA) is 170 Å². The molecule has 2 atom stereocenters. The predicted molar refractivity (Wildman–Crippen MR) is 125 cm³/mol. The molecule has 5 N–H and O–H groups in total. The van der Waals surface area contributed by atoms with Crippen molar-refractivity contribution in [3.8, 4) is 0 Å². The van der Waals surface area contributed by atoms with Crippen LogP contribution in [-0.2, 0) is 16.4 Å². The molecule has 4 rings (SSSR count). The van der Waals surface area contributed by atoms with Crippen molar-refractivity contribution in [3.63, 3.8) is 0 Å². The highest BCUT2D eigenvalue weighted by Gasteiger charge is 2.29. The highest BCUT2D eigenvalue weighted by Crippen LogP contribution is 2.35. The summed E-state index contributed by atoms with van der Waals surface area (Å²) >= 11 is 6.06. The molecule has 11 nitrogen and oxygen atoms in total. The Morgan fingerprint density at radius 2 is 1.88 bits per heavy atom. The van der Waals surface area contributed by atoms with E-state index in [0.29, 0.717) is 27.7 Å². The van der Waals surface area contributed by atoms with Gasteiger partial charge in [0.15, 0.2) is 0 Å². The van der Waals surface area contributed by atoms with Crippen LogP contribution in [0.2, 0.25) is 5.02 Å². The summed E-state index contributed by atoms with van der Waals surface area (Å²) in [7, 11) is -2.86. The molecule has 0 saturated heterocycles. The van der Waals surface area contributed by atoms with Gasteiger partial charge >= 0.3 is 13.6 Å². The number of amides is 1. The van der Waals surface area contributed by atoms with Gasteiger partial charge in [0, 0.05) is 17.6 Å². The maximum absolute atomic E-state index is 12.6. The average Bonchev–Trinajstić information content (AvgIpc) is 3.32. The number of nitrogens with zero attached hydrogens (tertiary/aromatic N) is 3. The van der Waals surface area contributed by atoms with Crippen molar-refractivity contribution >= 4 is 53.1 Å². The number of halogens is 1. The van der Waals surface area contributed by atoms with Crippen molar-refractivity contribution in [2.24, 2.45) is 7.05 Å². The number of benzene rings is 2. The van der Waals surface area contributed by atoms with Crippen LogP contribution in [0.1, 0.15) is 34.8 Å². The van der Waals surface area contributed by atoms with E-state index in [2.05, 4.69) is 20.3 Å². The van der Waals surface area contributed by atoms with Crippen molar-refractivity contribution in [1.29, 1.82) is 0 Å². The van der Waals surface area contributed by atoms with Gasteiger partial charge in [0.2, 0.25) is 0 Å². The monoisotopic (exact) mass is 505 g/mol. The Balaban J connectivity index is 1.63. The minimum absolute atomic E-state index is 0.130. The number of aryl methyl sites for hydroxylation is 1. The van der Waals surface area contributed by atoms with Gasteiger partial charge in [-0.15, -0.1) is 0 Å². The number of carbonyl (C=O) groups excluding carboxylic acids is 1. The van der Waals surface area contributed by atoms with Crippen LogP contribution in [0, 0.1) is 0 Å². The Morgan fingerprint density at radius 1 is 1.18 bits per heavy atom. The molecular weight excluding hydrogens is 485 g/mol. The Kier molecular flexibility index (Phi) is 6.22. The summed E-state index contributed by atoms with van der Waals surface area (Å²) in [6.07, 6.45) is -1.01. The minimum atomic E-state index is -4.65. The van der Waals surface area contributed by atoms with Crippen LogP contribution in [0.5, 0.6) is 0 Å². The van der Waals surface area contributed by atoms with E-state index >= 15 is 0 Å². The molecule has 0 spiro atoms. The number of carboxylic acid groups (broad SMARTS) is 1. The van der Waals surface area contributed by atoms with Crippen LogP contribution in [0.3, 0.4) is 0 Å². The Labute approximate surface area is 197 Å². The average molecular weight is 506 g/mol. The molecule has 2 heterocycles. The molecule has 2 aromatic heterocycles. The van der Waals surface area contributed by atoms with Gasteiger partial charge in [0.1, 0.15) is 17.7 Å². The number of aliphatic carboxylic acids is 1. The molecule has 1 amide bonds. The second-order valence-corrected chi connectivity index (χ2v) is 10.1. The first-order valence-electron chi connectivity index (χ1n) is 10.1. The molecule has 13 heteroatoms. The summed E-state index contributed by atoms with van der Waals surface area (Å²) in [4.78, 5) is 54.6. The van der Waals surface area contributed by atoms with Gasteiger partial charge in [-0.1, -0.05) is 11.6 Å². The van der Waals surface area contributed by atoms with Crippen molar-refractivity contribution < 1.29 is 29.0 Å². The van der Waals surface area contributed by atoms with Crippen LogP contribution < -0.4 is 5.32 Å². The SMILES string of the molecule is CC(c1nc2ccc(Cl)cc2[nH]1)c1nc2ccc(C(=O)NC(CP(=O)(O)O)C(=O)O)cc2n1C. The maximum atomic E-state index is 12.6. The molecule has 2 unspecified atom stereocenters. The third kappa shape index (κ3) is 4.83. The molecule has 0 radical (unpaired) electrons. The van der Waals surface area contributed by atoms with E-state index in [1.54, 1.807) is 35.9 Å². The second-order valence-electron chi connectivity index (χ2n) is 7.95. The summed E-state index contributed by atoms with van der Waals surface area (Å²) < 4.78 is 13.0. The number of rotatable bonds is 7. The summed E-state index contributed by atoms with van der Waals surface area (Å²) in [6.45, 7) is 1.94. The number of imidazole rings is 2. The maximum Gasteiger partial charge on any atom is 0.328 e. The van der Waals surface area contributed by atoms with Crippen molar-refractivity contribution in [2.75, 3.05) is 6.16 Å². The number of H-pyrrole nitrogens is 1. The second kappa shape index (κ2) is 8.84. The van der Waals surface area contributed by atoms with Crippen LogP contribution in [0.25, 0.3) is 22.1 Å². The van der Waals surface area contributed by atoms with Gasteiger partial charge in [0.05, 0.1) is 34.1 Å². The third-order valence-corrected chi connectivity index (χ3v) is 6.54. The lowest BCUT2D eigenvalue weighted by molar-refractivity contribution is -0.138. The van der Waals surface area contributed by atoms with E-state index < -0.39 is 31.7 Å². The predicted octanol–water partition coefficient (Wildman–Crippen LogP) is 2.62. The fourth-order valence-corrected chi connectivity index (χ4v) is 4.63. The first kappa shape index (κ1) is 23.9. The lowest BCUT2D eigenvalue weighted by Crippen LogP contribution is -2.43. The molecule has 0 aliphatic heterocycles. The first-order valence-corrected chi connectivity index (χ1v) is 12.3. The van der Waals surface area contributed by atoms with Gasteiger partial charge in [-0.3, -0.25) is 9.36 Å². The smallest absolute Gasteiger partial charge is 0.328 e. The molecule has 34 heavy (non-hydrogen) atoms. The van der Waals surface area contributed by atoms with E-state index in [-0.39, 0.29) is 11.5 Å². The fraction of sp³-hybridized carbons (Fsp3) is 0.238. The summed E-state index contributed by atoms with van der Waals surface area (Å²) in [6, 6.07) is 8.28. The van der Waals surface area contributed by atoms with E-state index in [9.17, 15) is 19.3 Å². The number of carbonyl (C=O) groups is 2. The zero-order valence-corrected chi connectivity index (χ0v) is 19.7. The molecule has 0 aliphatic rings. The number of fused-ring (bicyclic) bond motifs is 2. The number of hydrogen-bond donors (Lipinski definition) is 5. The molecule has 2 aromatic carbocycles. The Bertz CT molecular complexity index is 1480.